The van der Waals surface area contributed by atoms with Crippen LogP contribution in [0.2, 0.25) is 0 Å². The molecule has 0 fully saturated rings. The van der Waals surface area contributed by atoms with Gasteiger partial charge in [-0.2, -0.15) is 0 Å². The van der Waals surface area contributed by atoms with Crippen LogP contribution in [0.25, 0.3) is 0 Å². The van der Waals surface area contributed by atoms with Crippen LogP contribution in [0.3, 0.4) is 0 Å². The number of carbonyl (C=O) groups is 5. The minimum Gasteiger partial charge on any atom is -0.450 e. The van der Waals surface area contributed by atoms with Gasteiger partial charge < -0.3 is 51.1 Å². The predicted molar refractivity (Wildman–Crippen MR) is 70.4 cm³/mol. The molecule has 22 heavy (non-hydrogen) atoms. The van der Waals surface area contributed by atoms with Gasteiger partial charge in [-0.25, -0.2) is 24.0 Å². The summed E-state index contributed by atoms with van der Waals surface area (Å²) in [5.74, 6) is 0. The molecule has 0 radical (unpaired) electrons. The Labute approximate surface area is 152 Å². The van der Waals surface area contributed by atoms with E-state index < -0.39 is 30.8 Å². The topological polar surface area (TPSA) is 288 Å². The Morgan fingerprint density at radius 1 is 0.318 bits per heavy atom. The van der Waals surface area contributed by atoms with E-state index in [4.69, 9.17) is 75.0 Å². The average molecular weight is 363 g/mol. The molecule has 128 valence electrons. The third-order valence-electron chi connectivity index (χ3n) is 0. The van der Waals surface area contributed by atoms with Crippen molar-refractivity contribution in [2.75, 3.05) is 0 Å². The van der Waals surface area contributed by atoms with Gasteiger partial charge in [-0.1, -0.05) is 0 Å². The second-order valence-electron chi connectivity index (χ2n) is 1.41. The second-order valence-corrected chi connectivity index (χ2v) is 1.41. The molecule has 0 unspecified atom stereocenters. The first-order valence-corrected chi connectivity index (χ1v) is 3.26. The molecular weight excluding hydrogens is 349 g/mol. The largest absolute Gasteiger partial charge is 0.503 e. The Hall–Kier alpha value is -2.12. The van der Waals surface area contributed by atoms with Gasteiger partial charge in [0.05, 0.1) is 0 Å². The van der Waals surface area contributed by atoms with E-state index in [-0.39, 0.29) is 46.1 Å². The summed E-state index contributed by atoms with van der Waals surface area (Å²) in [4.78, 5) is 42.8. The lowest BCUT2D eigenvalue weighted by Crippen LogP contribution is -1.81. The van der Waals surface area contributed by atoms with Crippen LogP contribution in [0.4, 0.5) is 24.0 Å². The lowest BCUT2D eigenvalue weighted by molar-refractivity contribution is 0.135. The van der Waals surface area contributed by atoms with Gasteiger partial charge in [0.25, 0.3) is 0 Å². The highest BCUT2D eigenvalue weighted by Crippen LogP contribution is 1.44. The summed E-state index contributed by atoms with van der Waals surface area (Å²) >= 11 is 0. The molecule has 0 heterocycles. The van der Waals surface area contributed by atoms with Crippen molar-refractivity contribution in [3.05, 3.63) is 0 Å². The Balaban J connectivity index is -0.0000000250. The standard InChI is InChI=1S/5CH2O3.2Mg.4H/c5*2-1(3)4;;;;;;/h5*(H2,2,3,4);;;;;;. The molecule has 10 N–H and O–H groups in total. The quantitative estimate of drug-likeness (QED) is 0.237. The Morgan fingerprint density at radius 3 is 0.318 bits per heavy atom. The summed E-state index contributed by atoms with van der Waals surface area (Å²) in [6.45, 7) is 0. The van der Waals surface area contributed by atoms with E-state index in [9.17, 15) is 0 Å². The molecule has 0 spiro atoms. The van der Waals surface area contributed by atoms with Gasteiger partial charge in [-0.3, -0.25) is 0 Å². The maximum Gasteiger partial charge on any atom is 0.503 e. The molecule has 15 nitrogen and oxygen atoms in total. The zero-order valence-electron chi connectivity index (χ0n) is 9.01. The third kappa shape index (κ3) is 1140. The van der Waals surface area contributed by atoms with Crippen LogP contribution in [-0.4, -0.2) is 128 Å². The van der Waals surface area contributed by atoms with Crippen molar-refractivity contribution < 1.29 is 75.0 Å². The van der Waals surface area contributed by atoms with Gasteiger partial charge in [-0.15, -0.1) is 0 Å². The van der Waals surface area contributed by atoms with Gasteiger partial charge >= 0.3 is 76.9 Å². The molecule has 0 aromatic carbocycles. The fraction of sp³-hybridized carbons (Fsp3) is 0. The highest BCUT2D eigenvalue weighted by molar-refractivity contribution is 5.76. The number of rotatable bonds is 0. The Kier molecular flexibility index (Phi) is 70.6. The molecular formula is C5H14Mg2O15. The van der Waals surface area contributed by atoms with Crippen molar-refractivity contribution in [3.63, 3.8) is 0 Å². The highest BCUT2D eigenvalue weighted by Gasteiger charge is 1.71. The molecule has 0 amide bonds. The average Bonchev–Trinajstić information content (AvgIpc) is 1.94. The smallest absolute Gasteiger partial charge is 0.450 e. The van der Waals surface area contributed by atoms with E-state index in [1.807, 2.05) is 0 Å². The summed E-state index contributed by atoms with van der Waals surface area (Å²) < 4.78 is 0. The van der Waals surface area contributed by atoms with Crippen molar-refractivity contribution in [1.82, 2.24) is 0 Å². The van der Waals surface area contributed by atoms with Gasteiger partial charge in [0.1, 0.15) is 0 Å². The van der Waals surface area contributed by atoms with Gasteiger partial charge in [-0.05, 0) is 0 Å². The molecule has 0 aromatic heterocycles. The molecule has 0 aliphatic heterocycles. The maximum absolute atomic E-state index is 8.56. The minimum absolute atomic E-state index is 0. The number of hydrogen-bond donors (Lipinski definition) is 10. The summed E-state index contributed by atoms with van der Waals surface area (Å²) in [6.07, 6.45) is -9.17. The summed E-state index contributed by atoms with van der Waals surface area (Å²) in [5, 5.41) is 69.7. The van der Waals surface area contributed by atoms with Crippen LogP contribution in [0, 0.1) is 0 Å². The molecule has 0 aliphatic carbocycles. The third-order valence-corrected chi connectivity index (χ3v) is 0. The highest BCUT2D eigenvalue weighted by atomic mass is 24.3. The lowest BCUT2D eigenvalue weighted by atomic mass is 11.5. The van der Waals surface area contributed by atoms with Gasteiger partial charge in [0.15, 0.2) is 0 Å². The van der Waals surface area contributed by atoms with Crippen molar-refractivity contribution in [1.29, 1.82) is 0 Å². The van der Waals surface area contributed by atoms with E-state index in [0.717, 1.165) is 0 Å². The van der Waals surface area contributed by atoms with Gasteiger partial charge in [0.2, 0.25) is 0 Å². The first kappa shape index (κ1) is 42.7. The number of carboxylic acid groups (broad SMARTS) is 10. The first-order chi connectivity index (χ1) is 8.66. The first-order valence-electron chi connectivity index (χ1n) is 3.26. The fourth-order valence-electron chi connectivity index (χ4n) is 0. The molecule has 0 aromatic rings. The summed E-state index contributed by atoms with van der Waals surface area (Å²) in [6, 6.07) is 0. The van der Waals surface area contributed by atoms with Crippen LogP contribution in [-0.2, 0) is 0 Å². The Bertz CT molecular complexity index is 211. The predicted octanol–water partition coefficient (Wildman–Crippen LogP) is -0.720. The summed E-state index contributed by atoms with van der Waals surface area (Å²) in [7, 11) is 0. The monoisotopic (exact) mass is 362 g/mol. The van der Waals surface area contributed by atoms with E-state index in [2.05, 4.69) is 0 Å². The van der Waals surface area contributed by atoms with Crippen molar-refractivity contribution in [2.45, 2.75) is 0 Å². The van der Waals surface area contributed by atoms with Crippen LogP contribution in [0.15, 0.2) is 0 Å². The molecule has 0 bridgehead atoms. The summed E-state index contributed by atoms with van der Waals surface area (Å²) in [5.41, 5.74) is 0. The molecule has 17 heteroatoms. The van der Waals surface area contributed by atoms with Crippen LogP contribution < -0.4 is 0 Å². The lowest BCUT2D eigenvalue weighted by Gasteiger charge is -1.60. The number of hydrogen-bond acceptors (Lipinski definition) is 5. The van der Waals surface area contributed by atoms with E-state index >= 15 is 0 Å². The van der Waals surface area contributed by atoms with Crippen LogP contribution >= 0.6 is 0 Å². The van der Waals surface area contributed by atoms with Crippen LogP contribution in [0.5, 0.6) is 0 Å². The molecule has 0 saturated carbocycles. The Morgan fingerprint density at radius 2 is 0.318 bits per heavy atom. The van der Waals surface area contributed by atoms with Crippen molar-refractivity contribution in [2.24, 2.45) is 0 Å². The van der Waals surface area contributed by atoms with Crippen LogP contribution in [0.1, 0.15) is 0 Å². The molecule has 0 atom stereocenters. The fourth-order valence-corrected chi connectivity index (χ4v) is 0. The minimum atomic E-state index is -1.83. The molecule has 0 saturated heterocycles. The second kappa shape index (κ2) is 36.4. The molecule has 0 aliphatic rings. The zero-order chi connectivity index (χ0) is 17.9. The zero-order valence-corrected chi connectivity index (χ0v) is 9.01. The van der Waals surface area contributed by atoms with E-state index in [1.165, 1.54) is 0 Å². The van der Waals surface area contributed by atoms with Gasteiger partial charge in [0, 0.05) is 0 Å². The SMILES string of the molecule is O=C(O)O.O=C(O)O.O=C(O)O.O=C(O)O.O=C(O)O.[MgH2].[MgH2]. The molecule has 0 rings (SSSR count). The normalized spacial score (nSPS) is 5.45. The van der Waals surface area contributed by atoms with E-state index in [1.54, 1.807) is 0 Å². The van der Waals surface area contributed by atoms with Crippen molar-refractivity contribution >= 4 is 76.9 Å². The van der Waals surface area contributed by atoms with E-state index in [0.29, 0.717) is 0 Å². The van der Waals surface area contributed by atoms with Crippen molar-refractivity contribution in [3.8, 4) is 0 Å². The maximum atomic E-state index is 8.56.